The first-order chi connectivity index (χ1) is 18.0. The summed E-state index contributed by atoms with van der Waals surface area (Å²) in [6.07, 6.45) is 8.69. The van der Waals surface area contributed by atoms with E-state index in [1.807, 2.05) is 60.7 Å². The normalized spacial score (nSPS) is 15.5. The molecule has 1 aliphatic rings. The maximum Gasteiger partial charge on any atom is 0.265 e. The second-order valence-electron chi connectivity index (χ2n) is 9.84. The Bertz CT molecular complexity index is 1170. The van der Waals surface area contributed by atoms with Crippen LogP contribution in [0.15, 0.2) is 71.3 Å². The van der Waals surface area contributed by atoms with E-state index in [-0.39, 0.29) is 23.5 Å². The molecule has 37 heavy (non-hydrogen) atoms. The summed E-state index contributed by atoms with van der Waals surface area (Å²) in [6, 6.07) is 17.7. The number of hydrogen-bond donors (Lipinski definition) is 2. The Morgan fingerprint density at radius 3 is 2.27 bits per heavy atom. The third kappa shape index (κ3) is 7.62. The van der Waals surface area contributed by atoms with E-state index in [0.717, 1.165) is 36.8 Å². The van der Waals surface area contributed by atoms with Crippen molar-refractivity contribution in [2.75, 3.05) is 0 Å². The third-order valence-corrected chi connectivity index (χ3v) is 6.96. The first kappa shape index (κ1) is 26.3. The van der Waals surface area contributed by atoms with Crippen LogP contribution in [0.3, 0.4) is 0 Å². The molecule has 7 heteroatoms. The highest BCUT2D eigenvalue weighted by atomic mass is 16.4. The van der Waals surface area contributed by atoms with Crippen molar-refractivity contribution in [3.8, 4) is 11.3 Å². The fraction of sp³-hybridized carbons (Fsp3) is 0.400. The minimum atomic E-state index is -0.836. The second-order valence-corrected chi connectivity index (χ2v) is 9.84. The average molecular weight is 502 g/mol. The molecule has 4 rings (SSSR count). The molecule has 1 fully saturated rings. The van der Waals surface area contributed by atoms with Gasteiger partial charge in [-0.05, 0) is 30.7 Å². The number of carbonyl (C=O) groups excluding carboxylic acids is 3. The number of aryl methyl sites for hydroxylation is 1. The molecular weight excluding hydrogens is 466 g/mol. The number of rotatable bonds is 11. The number of ketones is 1. The molecule has 1 aliphatic carbocycles. The Morgan fingerprint density at radius 2 is 1.59 bits per heavy atom. The topological polar surface area (TPSA) is 101 Å². The van der Waals surface area contributed by atoms with Crippen LogP contribution in [0.5, 0.6) is 0 Å². The molecule has 0 saturated heterocycles. The summed E-state index contributed by atoms with van der Waals surface area (Å²) < 4.78 is 5.81. The summed E-state index contributed by atoms with van der Waals surface area (Å²) in [5, 5.41) is 5.74. The monoisotopic (exact) mass is 501 g/mol. The fourth-order valence-corrected chi connectivity index (χ4v) is 5.00. The molecule has 0 spiro atoms. The van der Waals surface area contributed by atoms with Gasteiger partial charge in [-0.2, -0.15) is 0 Å². The highest BCUT2D eigenvalue weighted by molar-refractivity contribution is 5.99. The van der Waals surface area contributed by atoms with Gasteiger partial charge in [-0.15, -0.1) is 0 Å². The highest BCUT2D eigenvalue weighted by Gasteiger charge is 2.31. The van der Waals surface area contributed by atoms with Crippen LogP contribution < -0.4 is 10.6 Å². The molecule has 1 saturated carbocycles. The Balaban J connectivity index is 1.51. The molecule has 194 valence electrons. The highest BCUT2D eigenvalue weighted by Crippen LogP contribution is 2.27. The molecule has 2 N–H and O–H groups in total. The van der Waals surface area contributed by atoms with Gasteiger partial charge in [0.15, 0.2) is 5.76 Å². The quantitative estimate of drug-likeness (QED) is 0.355. The van der Waals surface area contributed by atoms with E-state index < -0.39 is 12.1 Å². The van der Waals surface area contributed by atoms with Crippen LogP contribution in [0.25, 0.3) is 11.3 Å². The lowest BCUT2D eigenvalue weighted by Gasteiger charge is -2.27. The summed E-state index contributed by atoms with van der Waals surface area (Å²) in [5.74, 6) is -0.155. The number of aromatic nitrogens is 1. The Morgan fingerprint density at radius 1 is 0.919 bits per heavy atom. The van der Waals surface area contributed by atoms with E-state index in [0.29, 0.717) is 30.9 Å². The van der Waals surface area contributed by atoms with Crippen LogP contribution in [0.1, 0.15) is 68.1 Å². The minimum Gasteiger partial charge on any atom is -0.434 e. The summed E-state index contributed by atoms with van der Waals surface area (Å²) in [4.78, 5) is 43.1. The molecule has 1 heterocycles. The molecule has 3 aromatic rings. The number of carbonyl (C=O) groups is 3. The Labute approximate surface area is 218 Å². The first-order valence-electron chi connectivity index (χ1n) is 13.2. The van der Waals surface area contributed by atoms with Gasteiger partial charge in [0.05, 0.1) is 12.2 Å². The lowest BCUT2D eigenvalue weighted by Crippen LogP contribution is -2.52. The van der Waals surface area contributed by atoms with Crippen LogP contribution in [0.2, 0.25) is 0 Å². The van der Waals surface area contributed by atoms with Gasteiger partial charge in [-0.1, -0.05) is 92.8 Å². The van der Waals surface area contributed by atoms with E-state index in [2.05, 4.69) is 15.6 Å². The van der Waals surface area contributed by atoms with E-state index in [4.69, 9.17) is 4.42 Å². The maximum absolute atomic E-state index is 13.5. The van der Waals surface area contributed by atoms with Crippen molar-refractivity contribution in [3.05, 3.63) is 78.3 Å². The van der Waals surface area contributed by atoms with Crippen molar-refractivity contribution in [2.45, 2.75) is 70.4 Å². The zero-order chi connectivity index (χ0) is 26.0. The van der Waals surface area contributed by atoms with Crippen molar-refractivity contribution in [1.29, 1.82) is 0 Å². The molecule has 2 aromatic carbocycles. The molecular formula is C30H35N3O4. The molecule has 7 nitrogen and oxygen atoms in total. The standard InChI is InChI=1S/C30H35N3O4/c1-21(34)32-26(19-23-13-7-3-8-14-23)29(36)33-25(18-17-22-11-5-2-6-12-22)28(35)30-31-20-27(37-30)24-15-9-4-10-16-24/h2,4-6,9-12,15-16,20,23,25-26H,3,7-8,13-14,17-19H2,1H3,(H,32,34)(H,33,36)/t25-,26-/m0/s1. The van der Waals surface area contributed by atoms with Gasteiger partial charge in [0.1, 0.15) is 6.04 Å². The van der Waals surface area contributed by atoms with Gasteiger partial charge in [0.2, 0.25) is 17.6 Å². The second kappa shape index (κ2) is 13.0. The molecule has 0 bridgehead atoms. The number of hydrogen-bond acceptors (Lipinski definition) is 5. The zero-order valence-corrected chi connectivity index (χ0v) is 21.3. The van der Waals surface area contributed by atoms with E-state index in [1.165, 1.54) is 19.5 Å². The maximum atomic E-state index is 13.5. The Hall–Kier alpha value is -3.74. The van der Waals surface area contributed by atoms with Crippen molar-refractivity contribution >= 4 is 17.6 Å². The summed E-state index contributed by atoms with van der Waals surface area (Å²) >= 11 is 0. The van der Waals surface area contributed by atoms with Gasteiger partial charge >= 0.3 is 0 Å². The zero-order valence-electron chi connectivity index (χ0n) is 21.3. The smallest absolute Gasteiger partial charge is 0.265 e. The summed E-state index contributed by atoms with van der Waals surface area (Å²) in [5.41, 5.74) is 1.88. The van der Waals surface area contributed by atoms with Crippen LogP contribution in [0, 0.1) is 5.92 Å². The van der Waals surface area contributed by atoms with Crippen LogP contribution in [-0.2, 0) is 16.0 Å². The number of oxazole rings is 1. The van der Waals surface area contributed by atoms with Gasteiger partial charge in [-0.25, -0.2) is 4.98 Å². The molecule has 2 amide bonds. The van der Waals surface area contributed by atoms with Crippen LogP contribution >= 0.6 is 0 Å². The predicted octanol–water partition coefficient (Wildman–Crippen LogP) is 5.12. The summed E-state index contributed by atoms with van der Waals surface area (Å²) in [6.45, 7) is 1.41. The lowest BCUT2D eigenvalue weighted by molar-refractivity contribution is -0.129. The van der Waals surface area contributed by atoms with Crippen molar-refractivity contribution in [3.63, 3.8) is 0 Å². The molecule has 0 aliphatic heterocycles. The largest absolute Gasteiger partial charge is 0.434 e. The first-order valence-corrected chi connectivity index (χ1v) is 13.2. The van der Waals surface area contributed by atoms with E-state index >= 15 is 0 Å². The fourth-order valence-electron chi connectivity index (χ4n) is 5.00. The van der Waals surface area contributed by atoms with Gasteiger partial charge in [0.25, 0.3) is 5.89 Å². The van der Waals surface area contributed by atoms with Crippen molar-refractivity contribution < 1.29 is 18.8 Å². The van der Waals surface area contributed by atoms with Crippen LogP contribution in [-0.4, -0.2) is 34.7 Å². The predicted molar refractivity (Wildman–Crippen MR) is 142 cm³/mol. The van der Waals surface area contributed by atoms with E-state index in [9.17, 15) is 14.4 Å². The summed E-state index contributed by atoms with van der Waals surface area (Å²) in [7, 11) is 0. The van der Waals surface area contributed by atoms with Crippen molar-refractivity contribution in [2.24, 2.45) is 5.92 Å². The average Bonchev–Trinajstić information content (AvgIpc) is 3.42. The molecule has 0 unspecified atom stereocenters. The molecule has 0 radical (unpaired) electrons. The Kier molecular flexibility index (Phi) is 9.24. The third-order valence-electron chi connectivity index (χ3n) is 6.96. The molecule has 2 atom stereocenters. The van der Waals surface area contributed by atoms with Crippen molar-refractivity contribution in [1.82, 2.24) is 15.6 Å². The number of Topliss-reactive ketones (excluding diaryl/α,β-unsaturated/α-hetero) is 1. The van der Waals surface area contributed by atoms with Gasteiger partial charge < -0.3 is 15.1 Å². The number of amides is 2. The number of nitrogens with one attached hydrogen (secondary N) is 2. The van der Waals surface area contributed by atoms with Crippen LogP contribution in [0.4, 0.5) is 0 Å². The van der Waals surface area contributed by atoms with Gasteiger partial charge in [0, 0.05) is 12.5 Å². The van der Waals surface area contributed by atoms with Gasteiger partial charge in [-0.3, -0.25) is 14.4 Å². The lowest BCUT2D eigenvalue weighted by atomic mass is 9.84. The SMILES string of the molecule is CC(=O)N[C@@H](CC1CCCCC1)C(=O)N[C@@H](CCc1ccccc1)C(=O)c1ncc(-c2ccccc2)o1. The number of nitrogens with zero attached hydrogens (tertiary/aromatic N) is 1. The van der Waals surface area contributed by atoms with E-state index in [1.54, 1.807) is 0 Å². The molecule has 1 aromatic heterocycles. The number of benzene rings is 2. The minimum absolute atomic E-state index is 0.0411.